The molecule has 0 radical (unpaired) electrons. The zero-order valence-electron chi connectivity index (χ0n) is 13.2. The molecule has 0 spiro atoms. The fourth-order valence-electron chi connectivity index (χ4n) is 1.75. The quantitative estimate of drug-likeness (QED) is 0.847. The lowest BCUT2D eigenvalue weighted by Crippen LogP contribution is -2.16. The molecule has 0 atom stereocenters. The van der Waals surface area contributed by atoms with Crippen molar-refractivity contribution < 1.29 is 18.0 Å². The molecule has 1 amide bonds. The second-order valence-electron chi connectivity index (χ2n) is 5.09. The molecular weight excluding hydrogens is 341 g/mol. The molecule has 0 unspecified atom stereocenters. The summed E-state index contributed by atoms with van der Waals surface area (Å²) < 4.78 is 38.9. The molecule has 0 saturated heterocycles. The van der Waals surface area contributed by atoms with Gasteiger partial charge in [0.1, 0.15) is 5.82 Å². The number of rotatable bonds is 4. The summed E-state index contributed by atoms with van der Waals surface area (Å²) in [6.07, 6.45) is -4.54. The van der Waals surface area contributed by atoms with Crippen molar-refractivity contribution in [2.24, 2.45) is 0 Å². The number of nitrogens with one attached hydrogen (secondary N) is 1. The van der Waals surface area contributed by atoms with E-state index in [1.807, 2.05) is 0 Å². The molecule has 1 aromatic carbocycles. The van der Waals surface area contributed by atoms with Gasteiger partial charge in [-0.3, -0.25) is 4.79 Å². The minimum atomic E-state index is -4.54. The smallest absolute Gasteiger partial charge is 0.363 e. The maximum absolute atomic E-state index is 13.0. The second kappa shape index (κ2) is 7.08. The van der Waals surface area contributed by atoms with E-state index in [9.17, 15) is 18.0 Å². The van der Waals surface area contributed by atoms with Gasteiger partial charge in [-0.05, 0) is 36.0 Å². The summed E-state index contributed by atoms with van der Waals surface area (Å²) in [5, 5.41) is 2.61. The monoisotopic (exact) mass is 356 g/mol. The fraction of sp³-hybridized carbons (Fsp3) is 0.267. The van der Waals surface area contributed by atoms with Gasteiger partial charge in [-0.1, -0.05) is 0 Å². The third-order valence-electron chi connectivity index (χ3n) is 2.82. The highest BCUT2D eigenvalue weighted by atomic mass is 32.2. The first-order valence-corrected chi connectivity index (χ1v) is 7.66. The van der Waals surface area contributed by atoms with Crippen molar-refractivity contribution in [1.29, 1.82) is 0 Å². The second-order valence-corrected chi connectivity index (χ2v) is 6.13. The van der Waals surface area contributed by atoms with Gasteiger partial charge >= 0.3 is 6.18 Å². The van der Waals surface area contributed by atoms with E-state index in [0.717, 1.165) is 17.8 Å². The third kappa shape index (κ3) is 4.85. The summed E-state index contributed by atoms with van der Waals surface area (Å²) >= 11 is 1.02. The van der Waals surface area contributed by atoms with Crippen molar-refractivity contribution in [2.75, 3.05) is 24.3 Å². The van der Waals surface area contributed by atoms with Gasteiger partial charge in [-0.25, -0.2) is 9.97 Å². The Hall–Kier alpha value is -2.29. The highest BCUT2D eigenvalue weighted by Crippen LogP contribution is 2.33. The Balaban J connectivity index is 2.28. The highest BCUT2D eigenvalue weighted by molar-refractivity contribution is 7.99. The van der Waals surface area contributed by atoms with Gasteiger partial charge in [0.2, 0.25) is 5.91 Å². The van der Waals surface area contributed by atoms with Crippen molar-refractivity contribution in [3.63, 3.8) is 0 Å². The molecule has 0 aliphatic heterocycles. The molecule has 2 aromatic rings. The molecule has 1 heterocycles. The number of anilines is 2. The van der Waals surface area contributed by atoms with E-state index in [1.165, 1.54) is 11.8 Å². The number of carbonyl (C=O) groups excluding carboxylic acids is 1. The van der Waals surface area contributed by atoms with Gasteiger partial charge < -0.3 is 10.2 Å². The summed E-state index contributed by atoms with van der Waals surface area (Å²) in [6, 6.07) is 7.57. The van der Waals surface area contributed by atoms with Crippen molar-refractivity contribution in [2.45, 2.75) is 23.2 Å². The molecular formula is C15H15F3N4OS. The van der Waals surface area contributed by atoms with Gasteiger partial charge in [0, 0.05) is 37.7 Å². The zero-order valence-corrected chi connectivity index (χ0v) is 14.0. The maximum atomic E-state index is 13.0. The Morgan fingerprint density at radius 2 is 1.79 bits per heavy atom. The van der Waals surface area contributed by atoms with Crippen molar-refractivity contribution >= 4 is 29.2 Å². The van der Waals surface area contributed by atoms with Crippen LogP contribution in [0.1, 0.15) is 12.6 Å². The molecule has 0 fully saturated rings. The highest BCUT2D eigenvalue weighted by Gasteiger charge is 2.34. The van der Waals surface area contributed by atoms with E-state index in [2.05, 4.69) is 15.3 Å². The number of alkyl halides is 3. The number of carbonyl (C=O) groups is 1. The Morgan fingerprint density at radius 1 is 1.17 bits per heavy atom. The number of nitrogens with zero attached hydrogens (tertiary/aromatic N) is 3. The van der Waals surface area contributed by atoms with E-state index >= 15 is 0 Å². The lowest BCUT2D eigenvalue weighted by Gasteiger charge is -2.15. The number of hydrogen-bond acceptors (Lipinski definition) is 5. The van der Waals surface area contributed by atoms with Crippen LogP contribution < -0.4 is 10.2 Å². The maximum Gasteiger partial charge on any atom is 0.433 e. The molecule has 1 aromatic heterocycles. The van der Waals surface area contributed by atoms with Gasteiger partial charge in [0.15, 0.2) is 10.9 Å². The summed E-state index contributed by atoms with van der Waals surface area (Å²) in [6.45, 7) is 1.39. The molecule has 0 aliphatic rings. The summed E-state index contributed by atoms with van der Waals surface area (Å²) in [7, 11) is 3.22. The fourth-order valence-corrected chi connectivity index (χ4v) is 2.51. The Kier molecular flexibility index (Phi) is 5.33. The first-order valence-electron chi connectivity index (χ1n) is 6.84. The minimum Gasteiger partial charge on any atom is -0.363 e. The van der Waals surface area contributed by atoms with Crippen LogP contribution in [0.2, 0.25) is 0 Å². The van der Waals surface area contributed by atoms with E-state index in [-0.39, 0.29) is 16.9 Å². The molecule has 24 heavy (non-hydrogen) atoms. The van der Waals surface area contributed by atoms with E-state index in [0.29, 0.717) is 10.6 Å². The predicted octanol–water partition coefficient (Wildman–Crippen LogP) is 3.67. The topological polar surface area (TPSA) is 58.1 Å². The Labute approximate surface area is 141 Å². The SMILES string of the molecule is CC(=O)Nc1ccc(Sc2nc(N(C)C)cc(C(F)(F)F)n2)cc1. The summed E-state index contributed by atoms with van der Waals surface area (Å²) in [4.78, 5) is 20.8. The largest absolute Gasteiger partial charge is 0.433 e. The average molecular weight is 356 g/mol. The standard InChI is InChI=1S/C15H15F3N4OS/c1-9(23)19-10-4-6-11(7-5-10)24-14-20-12(15(16,17)18)8-13(21-14)22(2)3/h4-8H,1-3H3,(H,19,23). The van der Waals surface area contributed by atoms with Crippen LogP contribution in [-0.4, -0.2) is 30.0 Å². The van der Waals surface area contributed by atoms with E-state index < -0.39 is 11.9 Å². The van der Waals surface area contributed by atoms with Gasteiger partial charge in [-0.2, -0.15) is 13.2 Å². The molecule has 128 valence electrons. The normalized spacial score (nSPS) is 11.2. The van der Waals surface area contributed by atoms with Gasteiger partial charge in [-0.15, -0.1) is 0 Å². The Morgan fingerprint density at radius 3 is 2.29 bits per heavy atom. The number of aromatic nitrogens is 2. The Bertz CT molecular complexity index is 732. The minimum absolute atomic E-state index is 0.000743. The first kappa shape index (κ1) is 18.1. The molecule has 9 heteroatoms. The molecule has 0 bridgehead atoms. The van der Waals surface area contributed by atoms with Crippen LogP contribution in [0.25, 0.3) is 0 Å². The first-order chi connectivity index (χ1) is 11.1. The predicted molar refractivity (Wildman–Crippen MR) is 86.2 cm³/mol. The van der Waals surface area contributed by atoms with Crippen LogP contribution >= 0.6 is 11.8 Å². The van der Waals surface area contributed by atoms with Gasteiger partial charge in [0.05, 0.1) is 0 Å². The van der Waals surface area contributed by atoms with Crippen LogP contribution in [-0.2, 0) is 11.0 Å². The average Bonchev–Trinajstić information content (AvgIpc) is 2.47. The zero-order chi connectivity index (χ0) is 17.9. The van der Waals surface area contributed by atoms with Crippen molar-refractivity contribution in [1.82, 2.24) is 9.97 Å². The number of hydrogen-bond donors (Lipinski definition) is 1. The molecule has 0 aliphatic carbocycles. The lowest BCUT2D eigenvalue weighted by atomic mass is 10.3. The summed E-state index contributed by atoms with van der Waals surface area (Å²) in [5.41, 5.74) is -0.385. The number of amides is 1. The van der Waals surface area contributed by atoms with Crippen LogP contribution in [0, 0.1) is 0 Å². The third-order valence-corrected chi connectivity index (χ3v) is 3.70. The van der Waals surface area contributed by atoms with Crippen molar-refractivity contribution in [3.05, 3.63) is 36.0 Å². The molecule has 5 nitrogen and oxygen atoms in total. The molecule has 0 saturated carbocycles. The van der Waals surface area contributed by atoms with Crippen LogP contribution in [0.4, 0.5) is 24.7 Å². The van der Waals surface area contributed by atoms with E-state index in [1.54, 1.807) is 38.4 Å². The molecule has 1 N–H and O–H groups in total. The van der Waals surface area contributed by atoms with E-state index in [4.69, 9.17) is 0 Å². The lowest BCUT2D eigenvalue weighted by molar-refractivity contribution is -0.141. The van der Waals surface area contributed by atoms with Crippen LogP contribution in [0.3, 0.4) is 0 Å². The van der Waals surface area contributed by atoms with Crippen LogP contribution in [0.5, 0.6) is 0 Å². The van der Waals surface area contributed by atoms with Gasteiger partial charge in [0.25, 0.3) is 0 Å². The number of benzene rings is 1. The molecule has 2 rings (SSSR count). The number of halogens is 3. The summed E-state index contributed by atoms with van der Waals surface area (Å²) in [5.74, 6) is -0.0260. The van der Waals surface area contributed by atoms with Crippen molar-refractivity contribution in [3.8, 4) is 0 Å². The van der Waals surface area contributed by atoms with Crippen LogP contribution in [0.15, 0.2) is 40.4 Å².